The molecular weight excluding hydrogens is 258 g/mol. The fraction of sp³-hybridized carbons (Fsp3) is 0.400. The van der Waals surface area contributed by atoms with Crippen molar-refractivity contribution in [3.8, 4) is 0 Å². The van der Waals surface area contributed by atoms with E-state index < -0.39 is 9.84 Å². The Hall–Kier alpha value is -1.21. The number of hydrogen-bond donors (Lipinski definition) is 2. The number of sulfone groups is 1. The Kier molecular flexibility index (Phi) is 4.41. The molecule has 0 saturated carbocycles. The molecule has 3 N–H and O–H groups in total. The molecule has 1 aromatic heterocycles. The van der Waals surface area contributed by atoms with Crippen LogP contribution >= 0.6 is 12.2 Å². The molecular formula is C10H15N3O2S2. The van der Waals surface area contributed by atoms with E-state index in [1.165, 1.54) is 6.26 Å². The van der Waals surface area contributed by atoms with Crippen LogP contribution < -0.4 is 11.1 Å². The second-order valence-electron chi connectivity index (χ2n) is 3.93. The topological polar surface area (TPSA) is 85.1 Å². The van der Waals surface area contributed by atoms with Crippen molar-refractivity contribution < 1.29 is 8.42 Å². The first-order valence-corrected chi connectivity index (χ1v) is 7.45. The number of aromatic nitrogens is 1. The van der Waals surface area contributed by atoms with Crippen LogP contribution in [0.4, 0.5) is 5.69 Å². The van der Waals surface area contributed by atoms with Gasteiger partial charge in [0.05, 0.1) is 11.4 Å². The number of anilines is 1. The first-order valence-electron chi connectivity index (χ1n) is 4.98. The molecule has 7 heteroatoms. The SMILES string of the molecule is CC(CS(C)(=O)=O)Nc1ccnc(C(N)=S)c1. The molecule has 0 aliphatic carbocycles. The standard InChI is InChI=1S/C10H15N3O2S2/c1-7(6-17(2,14)15)13-8-3-4-12-9(5-8)10(11)16/h3-5,7H,6H2,1-2H3,(H2,11,16)(H,12,13). The molecule has 0 aromatic carbocycles. The van der Waals surface area contributed by atoms with Gasteiger partial charge in [0.25, 0.3) is 0 Å². The molecule has 0 saturated heterocycles. The van der Waals surface area contributed by atoms with Crippen molar-refractivity contribution in [2.24, 2.45) is 5.73 Å². The Labute approximate surface area is 106 Å². The second kappa shape index (κ2) is 5.42. The summed E-state index contributed by atoms with van der Waals surface area (Å²) in [6.45, 7) is 1.79. The summed E-state index contributed by atoms with van der Waals surface area (Å²) in [6, 6.07) is 3.24. The van der Waals surface area contributed by atoms with Crippen molar-refractivity contribution in [2.75, 3.05) is 17.3 Å². The van der Waals surface area contributed by atoms with Crippen LogP contribution in [-0.4, -0.2) is 36.4 Å². The summed E-state index contributed by atoms with van der Waals surface area (Å²) in [7, 11) is -3.00. The van der Waals surface area contributed by atoms with Crippen LogP contribution in [0, 0.1) is 0 Å². The number of thiocarbonyl (C=S) groups is 1. The van der Waals surface area contributed by atoms with Crippen LogP contribution in [0.25, 0.3) is 0 Å². The van der Waals surface area contributed by atoms with Crippen LogP contribution in [0.3, 0.4) is 0 Å². The van der Waals surface area contributed by atoms with Gasteiger partial charge >= 0.3 is 0 Å². The molecule has 1 unspecified atom stereocenters. The Bertz CT molecular complexity index is 514. The maximum absolute atomic E-state index is 11.1. The molecule has 17 heavy (non-hydrogen) atoms. The van der Waals surface area contributed by atoms with E-state index in [2.05, 4.69) is 10.3 Å². The molecule has 1 aromatic rings. The van der Waals surface area contributed by atoms with Gasteiger partial charge in [-0.05, 0) is 19.1 Å². The van der Waals surface area contributed by atoms with E-state index in [-0.39, 0.29) is 16.8 Å². The highest BCUT2D eigenvalue weighted by Gasteiger charge is 2.10. The number of pyridine rings is 1. The lowest BCUT2D eigenvalue weighted by atomic mass is 10.3. The molecule has 0 radical (unpaired) electrons. The Morgan fingerprint density at radius 1 is 1.65 bits per heavy atom. The van der Waals surface area contributed by atoms with Gasteiger partial charge in [0.2, 0.25) is 0 Å². The molecule has 0 aliphatic heterocycles. The molecule has 1 atom stereocenters. The minimum atomic E-state index is -3.00. The Balaban J connectivity index is 2.75. The lowest BCUT2D eigenvalue weighted by Crippen LogP contribution is -2.25. The normalized spacial score (nSPS) is 13.1. The highest BCUT2D eigenvalue weighted by molar-refractivity contribution is 7.90. The minimum Gasteiger partial charge on any atom is -0.388 e. The van der Waals surface area contributed by atoms with Crippen molar-refractivity contribution in [2.45, 2.75) is 13.0 Å². The summed E-state index contributed by atoms with van der Waals surface area (Å²) < 4.78 is 22.2. The van der Waals surface area contributed by atoms with Gasteiger partial charge in [-0.2, -0.15) is 0 Å². The summed E-state index contributed by atoms with van der Waals surface area (Å²) in [5.74, 6) is 0.0672. The molecule has 0 aliphatic rings. The van der Waals surface area contributed by atoms with Gasteiger partial charge in [-0.25, -0.2) is 8.42 Å². The summed E-state index contributed by atoms with van der Waals surface area (Å²) >= 11 is 4.81. The zero-order valence-electron chi connectivity index (χ0n) is 9.67. The summed E-state index contributed by atoms with van der Waals surface area (Å²) in [5, 5.41) is 3.06. The van der Waals surface area contributed by atoms with E-state index >= 15 is 0 Å². The van der Waals surface area contributed by atoms with Crippen LogP contribution in [0.5, 0.6) is 0 Å². The van der Waals surface area contributed by atoms with Crippen LogP contribution in [-0.2, 0) is 9.84 Å². The van der Waals surface area contributed by atoms with E-state index in [0.717, 1.165) is 5.69 Å². The molecule has 94 valence electrons. The maximum Gasteiger partial charge on any atom is 0.149 e. The summed E-state index contributed by atoms with van der Waals surface area (Å²) in [4.78, 5) is 4.21. The smallest absolute Gasteiger partial charge is 0.149 e. The third kappa shape index (κ3) is 5.10. The zero-order valence-corrected chi connectivity index (χ0v) is 11.3. The number of nitrogens with two attached hydrogens (primary N) is 1. The Morgan fingerprint density at radius 2 is 2.29 bits per heavy atom. The van der Waals surface area contributed by atoms with Gasteiger partial charge in [0.1, 0.15) is 14.8 Å². The quantitative estimate of drug-likeness (QED) is 0.763. The van der Waals surface area contributed by atoms with Crippen LogP contribution in [0.15, 0.2) is 18.3 Å². The van der Waals surface area contributed by atoms with Gasteiger partial charge in [-0.3, -0.25) is 4.98 Å². The molecule has 0 amide bonds. The van der Waals surface area contributed by atoms with Crippen LogP contribution in [0.2, 0.25) is 0 Å². The van der Waals surface area contributed by atoms with Crippen molar-refractivity contribution in [3.63, 3.8) is 0 Å². The van der Waals surface area contributed by atoms with Gasteiger partial charge in [0, 0.05) is 24.2 Å². The number of hydrogen-bond acceptors (Lipinski definition) is 5. The largest absolute Gasteiger partial charge is 0.388 e. The molecule has 0 spiro atoms. The average Bonchev–Trinajstić information content (AvgIpc) is 2.14. The monoisotopic (exact) mass is 273 g/mol. The highest BCUT2D eigenvalue weighted by atomic mass is 32.2. The molecule has 1 heterocycles. The van der Waals surface area contributed by atoms with Crippen LogP contribution in [0.1, 0.15) is 12.6 Å². The zero-order chi connectivity index (χ0) is 13.1. The van der Waals surface area contributed by atoms with Gasteiger partial charge < -0.3 is 11.1 Å². The van der Waals surface area contributed by atoms with Gasteiger partial charge in [-0.1, -0.05) is 12.2 Å². The van der Waals surface area contributed by atoms with E-state index in [1.807, 2.05) is 0 Å². The highest BCUT2D eigenvalue weighted by Crippen LogP contribution is 2.10. The Morgan fingerprint density at radius 3 is 2.82 bits per heavy atom. The average molecular weight is 273 g/mol. The van der Waals surface area contributed by atoms with E-state index in [9.17, 15) is 8.42 Å². The van der Waals surface area contributed by atoms with Crippen molar-refractivity contribution in [1.29, 1.82) is 0 Å². The number of rotatable bonds is 5. The fourth-order valence-electron chi connectivity index (χ4n) is 1.44. The predicted molar refractivity (Wildman–Crippen MR) is 72.9 cm³/mol. The predicted octanol–water partition coefficient (Wildman–Crippen LogP) is 0.561. The number of nitrogens with zero attached hydrogens (tertiary/aromatic N) is 1. The molecule has 0 bridgehead atoms. The van der Waals surface area contributed by atoms with Gasteiger partial charge in [-0.15, -0.1) is 0 Å². The molecule has 1 rings (SSSR count). The van der Waals surface area contributed by atoms with Crippen molar-refractivity contribution in [3.05, 3.63) is 24.0 Å². The third-order valence-corrected chi connectivity index (χ3v) is 3.29. The van der Waals surface area contributed by atoms with Gasteiger partial charge in [0.15, 0.2) is 0 Å². The molecule has 0 fully saturated rings. The minimum absolute atomic E-state index is 0.0672. The van der Waals surface area contributed by atoms with E-state index in [4.69, 9.17) is 18.0 Å². The summed E-state index contributed by atoms with van der Waals surface area (Å²) in [5.41, 5.74) is 6.72. The van der Waals surface area contributed by atoms with Crippen molar-refractivity contribution >= 4 is 32.7 Å². The lowest BCUT2D eigenvalue weighted by Gasteiger charge is -2.14. The number of nitrogens with one attached hydrogen (secondary N) is 1. The second-order valence-corrected chi connectivity index (χ2v) is 6.56. The third-order valence-electron chi connectivity index (χ3n) is 1.98. The maximum atomic E-state index is 11.1. The van der Waals surface area contributed by atoms with E-state index in [1.54, 1.807) is 25.3 Å². The first kappa shape index (κ1) is 13.9. The molecule has 5 nitrogen and oxygen atoms in total. The first-order chi connectivity index (χ1) is 7.78. The summed E-state index contributed by atoms with van der Waals surface area (Å²) in [6.07, 6.45) is 2.78. The fourth-order valence-corrected chi connectivity index (χ4v) is 2.54. The van der Waals surface area contributed by atoms with Crippen molar-refractivity contribution in [1.82, 2.24) is 4.98 Å². The lowest BCUT2D eigenvalue weighted by molar-refractivity contribution is 0.598. The van der Waals surface area contributed by atoms with E-state index in [0.29, 0.717) is 5.69 Å².